The number of ketones is 2. The van der Waals surface area contributed by atoms with Gasteiger partial charge < -0.3 is 14.2 Å². The molecule has 0 aliphatic rings. The van der Waals surface area contributed by atoms with E-state index in [4.69, 9.17) is 25.8 Å². The van der Waals surface area contributed by atoms with Crippen LogP contribution in [-0.2, 0) is 4.74 Å². The Morgan fingerprint density at radius 1 is 0.941 bits per heavy atom. The molecule has 0 aliphatic carbocycles. The first-order valence-electron chi connectivity index (χ1n) is 10.6. The third-order valence-corrected chi connectivity index (χ3v) is 5.47. The van der Waals surface area contributed by atoms with Crippen LogP contribution in [-0.4, -0.2) is 44.0 Å². The topological polar surface area (TPSA) is 74.7 Å². The molecule has 0 saturated carbocycles. The van der Waals surface area contributed by atoms with E-state index in [1.165, 1.54) is 31.4 Å². The number of hydrogen-bond donors (Lipinski definition) is 0. The molecule has 0 aliphatic heterocycles. The number of carbonyl (C=O) groups excluding carboxylic acids is 2. The zero-order chi connectivity index (χ0) is 24.7. The minimum Gasteiger partial charge on any atom is -0.494 e. The monoisotopic (exact) mass is 485 g/mol. The number of aromatic nitrogens is 1. The van der Waals surface area contributed by atoms with Gasteiger partial charge in [0.25, 0.3) is 0 Å². The molecule has 0 radical (unpaired) electrons. The minimum absolute atomic E-state index is 0.00703. The molecule has 178 valence electrons. The Balaban J connectivity index is 1.70. The van der Waals surface area contributed by atoms with E-state index in [9.17, 15) is 14.0 Å². The van der Waals surface area contributed by atoms with Crippen LogP contribution < -0.4 is 9.47 Å². The van der Waals surface area contributed by atoms with Crippen LogP contribution in [0.3, 0.4) is 0 Å². The fourth-order valence-electron chi connectivity index (χ4n) is 3.34. The number of nitrogens with zero attached hydrogens (tertiary/aromatic N) is 1. The summed E-state index contributed by atoms with van der Waals surface area (Å²) in [7, 11) is 3.07. The van der Waals surface area contributed by atoms with Crippen LogP contribution in [0.4, 0.5) is 4.39 Å². The summed E-state index contributed by atoms with van der Waals surface area (Å²) in [5, 5.41) is -0.0610. The van der Waals surface area contributed by atoms with Crippen LogP contribution in [0.5, 0.6) is 11.5 Å². The smallest absolute Gasteiger partial charge is 0.181 e. The Labute approximate surface area is 202 Å². The van der Waals surface area contributed by atoms with E-state index in [-0.39, 0.29) is 35.1 Å². The normalized spacial score (nSPS) is 10.7. The number of ether oxygens (including phenoxy) is 3. The largest absolute Gasteiger partial charge is 0.494 e. The summed E-state index contributed by atoms with van der Waals surface area (Å²) < 4.78 is 29.5. The van der Waals surface area contributed by atoms with Gasteiger partial charge in [-0.15, -0.1) is 0 Å². The van der Waals surface area contributed by atoms with Gasteiger partial charge in [0.1, 0.15) is 35.3 Å². The predicted molar refractivity (Wildman–Crippen MR) is 128 cm³/mol. The third kappa shape index (κ3) is 6.18. The van der Waals surface area contributed by atoms with Gasteiger partial charge >= 0.3 is 0 Å². The van der Waals surface area contributed by atoms with Crippen molar-refractivity contribution < 1.29 is 28.2 Å². The first-order chi connectivity index (χ1) is 16.3. The highest BCUT2D eigenvalue weighted by atomic mass is 35.5. The van der Waals surface area contributed by atoms with Gasteiger partial charge in [0, 0.05) is 31.1 Å². The third-order valence-electron chi connectivity index (χ3n) is 5.18. The average Bonchev–Trinajstić information content (AvgIpc) is 2.84. The van der Waals surface area contributed by atoms with Gasteiger partial charge in [-0.2, -0.15) is 0 Å². The summed E-state index contributed by atoms with van der Waals surface area (Å²) in [5.41, 5.74) is 2.39. The molecule has 0 saturated heterocycles. The van der Waals surface area contributed by atoms with E-state index in [1.54, 1.807) is 31.4 Å². The Morgan fingerprint density at radius 3 is 2.35 bits per heavy atom. The zero-order valence-electron chi connectivity index (χ0n) is 19.2. The molecule has 3 aromatic rings. The van der Waals surface area contributed by atoms with Crippen molar-refractivity contribution in [2.45, 2.75) is 19.8 Å². The summed E-state index contributed by atoms with van der Waals surface area (Å²) in [6, 6.07) is 12.5. The lowest BCUT2D eigenvalue weighted by Crippen LogP contribution is -2.09. The summed E-state index contributed by atoms with van der Waals surface area (Å²) >= 11 is 5.90. The SMILES string of the molecule is COCCOc1ccc(C(=O)CCC(=O)c2ccc(OC)c(-c3ccc(F)c(Cl)c3)n2)cc1C. The molecule has 3 rings (SSSR count). The van der Waals surface area contributed by atoms with E-state index in [1.807, 2.05) is 6.92 Å². The van der Waals surface area contributed by atoms with Crippen LogP contribution in [0.15, 0.2) is 48.5 Å². The van der Waals surface area contributed by atoms with Crippen molar-refractivity contribution in [3.63, 3.8) is 0 Å². The summed E-state index contributed by atoms with van der Waals surface area (Å²) in [6.45, 7) is 2.74. The minimum atomic E-state index is -0.556. The molecular formula is C26H25ClFNO5. The second-order valence-corrected chi connectivity index (χ2v) is 7.95. The highest BCUT2D eigenvalue weighted by molar-refractivity contribution is 6.31. The number of pyridine rings is 1. The molecule has 2 aromatic carbocycles. The number of halogens is 2. The quantitative estimate of drug-likeness (QED) is 0.255. The van der Waals surface area contributed by atoms with Gasteiger partial charge in [-0.1, -0.05) is 11.6 Å². The van der Waals surface area contributed by atoms with E-state index in [0.717, 1.165) is 5.56 Å². The summed E-state index contributed by atoms with van der Waals surface area (Å²) in [5.74, 6) is 0.0969. The second-order valence-electron chi connectivity index (χ2n) is 7.54. The van der Waals surface area contributed by atoms with Crippen molar-refractivity contribution in [2.75, 3.05) is 27.4 Å². The molecule has 34 heavy (non-hydrogen) atoms. The summed E-state index contributed by atoms with van der Waals surface area (Å²) in [4.78, 5) is 29.8. The van der Waals surface area contributed by atoms with Crippen molar-refractivity contribution in [3.05, 3.63) is 76.2 Å². The Bertz CT molecular complexity index is 1200. The lowest BCUT2D eigenvalue weighted by Gasteiger charge is -2.11. The molecule has 0 bridgehead atoms. The van der Waals surface area contributed by atoms with Crippen molar-refractivity contribution in [2.24, 2.45) is 0 Å². The Hall–Kier alpha value is -3.29. The molecule has 0 N–H and O–H groups in total. The number of benzene rings is 2. The highest BCUT2D eigenvalue weighted by Gasteiger charge is 2.17. The van der Waals surface area contributed by atoms with Gasteiger partial charge in [-0.25, -0.2) is 9.37 Å². The van der Waals surface area contributed by atoms with Crippen LogP contribution in [0.2, 0.25) is 5.02 Å². The first-order valence-corrected chi connectivity index (χ1v) is 11.0. The van der Waals surface area contributed by atoms with Gasteiger partial charge in [-0.05, 0) is 61.0 Å². The number of hydrogen-bond acceptors (Lipinski definition) is 6. The maximum atomic E-state index is 13.6. The highest BCUT2D eigenvalue weighted by Crippen LogP contribution is 2.31. The molecule has 6 nitrogen and oxygen atoms in total. The van der Waals surface area contributed by atoms with Crippen LogP contribution >= 0.6 is 11.6 Å². The number of aryl methyl sites for hydroxylation is 1. The van der Waals surface area contributed by atoms with E-state index < -0.39 is 5.82 Å². The second kappa shape index (κ2) is 11.7. The molecule has 0 atom stereocenters. The van der Waals surface area contributed by atoms with Crippen molar-refractivity contribution in [3.8, 4) is 22.8 Å². The molecule has 0 spiro atoms. The molecule has 0 amide bonds. The molecule has 0 fully saturated rings. The summed E-state index contributed by atoms with van der Waals surface area (Å²) in [6.07, 6.45) is 0.0283. The molecule has 1 heterocycles. The maximum absolute atomic E-state index is 13.6. The number of rotatable bonds is 11. The molecule has 1 aromatic heterocycles. The number of carbonyl (C=O) groups is 2. The van der Waals surface area contributed by atoms with Crippen LogP contribution in [0.1, 0.15) is 39.3 Å². The maximum Gasteiger partial charge on any atom is 0.181 e. The van der Waals surface area contributed by atoms with Crippen LogP contribution in [0, 0.1) is 12.7 Å². The van der Waals surface area contributed by atoms with Crippen molar-refractivity contribution in [1.82, 2.24) is 4.98 Å². The van der Waals surface area contributed by atoms with Crippen LogP contribution in [0.25, 0.3) is 11.3 Å². The van der Waals surface area contributed by atoms with E-state index >= 15 is 0 Å². The van der Waals surface area contributed by atoms with E-state index in [0.29, 0.717) is 41.5 Å². The standard InChI is InChI=1S/C26H25ClFNO5/c1-16-14-17(5-10-24(16)34-13-12-32-2)22(30)8-9-23(31)21-7-11-25(33-3)26(29-21)18-4-6-20(28)19(27)15-18/h4-7,10-11,14-15H,8-9,12-13H2,1-3H3. The molecule has 8 heteroatoms. The fourth-order valence-corrected chi connectivity index (χ4v) is 3.52. The van der Waals surface area contributed by atoms with Gasteiger partial charge in [0.15, 0.2) is 11.6 Å². The average molecular weight is 486 g/mol. The van der Waals surface area contributed by atoms with Gasteiger partial charge in [0.05, 0.1) is 18.7 Å². The Morgan fingerprint density at radius 2 is 1.68 bits per heavy atom. The number of Topliss-reactive ketones (excluding diaryl/α,β-unsaturated/α-hetero) is 2. The van der Waals surface area contributed by atoms with Crippen molar-refractivity contribution >= 4 is 23.2 Å². The lowest BCUT2D eigenvalue weighted by molar-refractivity contribution is 0.0915. The molecular weight excluding hydrogens is 461 g/mol. The predicted octanol–water partition coefficient (Wildman–Crippen LogP) is 5.73. The molecule has 0 unspecified atom stereocenters. The van der Waals surface area contributed by atoms with Crippen molar-refractivity contribution in [1.29, 1.82) is 0 Å². The zero-order valence-corrected chi connectivity index (χ0v) is 19.9. The lowest BCUT2D eigenvalue weighted by atomic mass is 10.0. The number of methoxy groups -OCH3 is 2. The first kappa shape index (κ1) is 25.3. The van der Waals surface area contributed by atoms with Gasteiger partial charge in [0.2, 0.25) is 0 Å². The van der Waals surface area contributed by atoms with E-state index in [2.05, 4.69) is 4.98 Å². The Kier molecular flexibility index (Phi) is 8.73. The fraction of sp³-hybridized carbons (Fsp3) is 0.269. The van der Waals surface area contributed by atoms with Gasteiger partial charge in [-0.3, -0.25) is 9.59 Å².